The van der Waals surface area contributed by atoms with Crippen molar-refractivity contribution in [3.63, 3.8) is 0 Å². The molecule has 6 rings (SSSR count). The highest BCUT2D eigenvalue weighted by atomic mass is 16.2. The molecule has 0 bridgehead atoms. The second-order valence-corrected chi connectivity index (χ2v) is 10.1. The number of nitrogens with zero attached hydrogens (tertiary/aromatic N) is 5. The zero-order valence-electron chi connectivity index (χ0n) is 22.8. The Bertz CT molecular complexity index is 1670. The quantitative estimate of drug-likeness (QED) is 0.311. The normalized spacial score (nSPS) is 12.2. The second-order valence-electron chi connectivity index (χ2n) is 10.1. The predicted molar refractivity (Wildman–Crippen MR) is 159 cm³/mol. The Morgan fingerprint density at radius 3 is 2.44 bits per heavy atom. The predicted octanol–water partition coefficient (Wildman–Crippen LogP) is 5.05. The number of carbonyl (C=O) groups excluding carboxylic acids is 2. The molecule has 2 amide bonds. The standard InChI is InChI=1S/C33H30N6O2/c1-37(21-24-8-3-2-4-9-24)31-16-13-26(20-35-31)33(41)39-23-28-14-15-30(32(40)36-19-25-10-7-17-34-18-25)38(28)22-27-11-5-6-12-29(27)39/h2-18,20H,19,21-23H2,1H3,(H,36,40). The maximum Gasteiger partial charge on any atom is 0.268 e. The van der Waals surface area contributed by atoms with E-state index in [1.165, 1.54) is 5.56 Å². The molecule has 204 valence electrons. The van der Waals surface area contributed by atoms with Crippen LogP contribution in [0.1, 0.15) is 43.2 Å². The molecule has 5 aromatic rings. The molecule has 0 saturated heterocycles. The van der Waals surface area contributed by atoms with Crippen molar-refractivity contribution in [1.29, 1.82) is 0 Å². The smallest absolute Gasteiger partial charge is 0.268 e. The molecule has 0 unspecified atom stereocenters. The molecule has 3 aromatic heterocycles. The Morgan fingerprint density at radius 1 is 0.854 bits per heavy atom. The minimum atomic E-state index is -0.170. The van der Waals surface area contributed by atoms with Gasteiger partial charge in [0.2, 0.25) is 0 Å². The van der Waals surface area contributed by atoms with Crippen LogP contribution in [0.3, 0.4) is 0 Å². The highest BCUT2D eigenvalue weighted by Crippen LogP contribution is 2.30. The summed E-state index contributed by atoms with van der Waals surface area (Å²) in [6.45, 7) is 1.93. The average molecular weight is 543 g/mol. The van der Waals surface area contributed by atoms with Crippen LogP contribution in [0.15, 0.2) is 110 Å². The van der Waals surface area contributed by atoms with E-state index in [0.29, 0.717) is 30.9 Å². The summed E-state index contributed by atoms with van der Waals surface area (Å²) in [5.41, 5.74) is 5.85. The Labute approximate surface area is 238 Å². The number of aromatic nitrogens is 3. The highest BCUT2D eigenvalue weighted by Gasteiger charge is 2.27. The molecule has 0 radical (unpaired) electrons. The first-order valence-electron chi connectivity index (χ1n) is 13.5. The van der Waals surface area contributed by atoms with Crippen molar-refractivity contribution in [2.45, 2.75) is 26.2 Å². The summed E-state index contributed by atoms with van der Waals surface area (Å²) in [7, 11) is 1.99. The van der Waals surface area contributed by atoms with Gasteiger partial charge in [0.25, 0.3) is 11.8 Å². The molecule has 8 heteroatoms. The molecule has 8 nitrogen and oxygen atoms in total. The van der Waals surface area contributed by atoms with Gasteiger partial charge in [0, 0.05) is 50.1 Å². The fourth-order valence-electron chi connectivity index (χ4n) is 5.15. The number of benzene rings is 2. The third-order valence-electron chi connectivity index (χ3n) is 7.30. The highest BCUT2D eigenvalue weighted by molar-refractivity contribution is 6.06. The third kappa shape index (κ3) is 5.58. The van der Waals surface area contributed by atoms with Crippen molar-refractivity contribution >= 4 is 23.3 Å². The lowest BCUT2D eigenvalue weighted by molar-refractivity contribution is 0.0941. The van der Waals surface area contributed by atoms with E-state index in [-0.39, 0.29) is 11.8 Å². The Morgan fingerprint density at radius 2 is 1.66 bits per heavy atom. The van der Waals surface area contributed by atoms with Crippen molar-refractivity contribution in [2.24, 2.45) is 0 Å². The van der Waals surface area contributed by atoms with Gasteiger partial charge in [-0.05, 0) is 53.1 Å². The van der Waals surface area contributed by atoms with E-state index in [1.807, 2.05) is 90.5 Å². The summed E-state index contributed by atoms with van der Waals surface area (Å²) >= 11 is 0. The van der Waals surface area contributed by atoms with Gasteiger partial charge >= 0.3 is 0 Å². The van der Waals surface area contributed by atoms with Crippen LogP contribution in [-0.4, -0.2) is 33.4 Å². The van der Waals surface area contributed by atoms with E-state index in [9.17, 15) is 9.59 Å². The molecular formula is C33H30N6O2. The summed E-state index contributed by atoms with van der Waals surface area (Å²) in [6, 6.07) is 29.3. The number of fused-ring (bicyclic) bond motifs is 2. The lowest BCUT2D eigenvalue weighted by atomic mass is 10.1. The van der Waals surface area contributed by atoms with Crippen LogP contribution in [0, 0.1) is 0 Å². The van der Waals surface area contributed by atoms with Gasteiger partial charge in [-0.1, -0.05) is 54.6 Å². The fourth-order valence-corrected chi connectivity index (χ4v) is 5.15. The van der Waals surface area contributed by atoms with Gasteiger partial charge in [-0.15, -0.1) is 0 Å². The van der Waals surface area contributed by atoms with Crippen LogP contribution >= 0.6 is 0 Å². The van der Waals surface area contributed by atoms with Crippen molar-refractivity contribution in [3.05, 3.63) is 143 Å². The van der Waals surface area contributed by atoms with Gasteiger partial charge in [0.15, 0.2) is 0 Å². The number of rotatable bonds is 7. The summed E-state index contributed by atoms with van der Waals surface area (Å²) < 4.78 is 1.99. The van der Waals surface area contributed by atoms with Gasteiger partial charge in [-0.3, -0.25) is 14.6 Å². The summed E-state index contributed by atoms with van der Waals surface area (Å²) in [5.74, 6) is 0.480. The molecule has 0 fully saturated rings. The van der Waals surface area contributed by atoms with Crippen LogP contribution in [0.25, 0.3) is 0 Å². The lowest BCUT2D eigenvalue weighted by Gasteiger charge is -2.23. The molecule has 1 aliphatic heterocycles. The van der Waals surface area contributed by atoms with Gasteiger partial charge in [-0.25, -0.2) is 4.98 Å². The largest absolute Gasteiger partial charge is 0.355 e. The van der Waals surface area contributed by atoms with Crippen molar-refractivity contribution in [3.8, 4) is 0 Å². The Kier molecular flexibility index (Phi) is 7.28. The van der Waals surface area contributed by atoms with E-state index in [0.717, 1.165) is 34.9 Å². The first-order chi connectivity index (χ1) is 20.1. The lowest BCUT2D eigenvalue weighted by Crippen LogP contribution is -2.31. The molecule has 41 heavy (non-hydrogen) atoms. The monoisotopic (exact) mass is 542 g/mol. The van der Waals surface area contributed by atoms with Gasteiger partial charge in [-0.2, -0.15) is 0 Å². The van der Waals surface area contributed by atoms with E-state index >= 15 is 0 Å². The zero-order valence-corrected chi connectivity index (χ0v) is 22.8. The molecule has 0 atom stereocenters. The number of carbonyl (C=O) groups is 2. The first kappa shape index (κ1) is 26.0. The third-order valence-corrected chi connectivity index (χ3v) is 7.30. The van der Waals surface area contributed by atoms with Crippen LogP contribution in [-0.2, 0) is 26.2 Å². The molecule has 2 aromatic carbocycles. The minimum absolute atomic E-state index is 0.139. The van der Waals surface area contributed by atoms with E-state index < -0.39 is 0 Å². The van der Waals surface area contributed by atoms with Crippen molar-refractivity contribution < 1.29 is 9.59 Å². The number of nitrogens with one attached hydrogen (secondary N) is 1. The molecule has 1 aliphatic rings. The van der Waals surface area contributed by atoms with Crippen LogP contribution in [0.4, 0.5) is 11.5 Å². The Balaban J connectivity index is 1.23. The maximum atomic E-state index is 13.9. The maximum absolute atomic E-state index is 13.9. The van der Waals surface area contributed by atoms with Crippen molar-refractivity contribution in [2.75, 3.05) is 16.8 Å². The SMILES string of the molecule is CN(Cc1ccccc1)c1ccc(C(=O)N2Cc3ccc(C(=O)NCc4cccnc4)n3Cc3ccccc32)cn1. The van der Waals surface area contributed by atoms with Crippen LogP contribution in [0.2, 0.25) is 0 Å². The van der Waals surface area contributed by atoms with Crippen LogP contribution in [0.5, 0.6) is 0 Å². The first-order valence-corrected chi connectivity index (χ1v) is 13.5. The number of amides is 2. The summed E-state index contributed by atoms with van der Waals surface area (Å²) in [6.07, 6.45) is 5.09. The number of hydrogen-bond donors (Lipinski definition) is 1. The number of para-hydroxylation sites is 1. The fraction of sp³-hybridized carbons (Fsp3) is 0.152. The number of anilines is 2. The second kappa shape index (κ2) is 11.5. The van der Waals surface area contributed by atoms with Crippen LogP contribution < -0.4 is 15.1 Å². The molecule has 1 N–H and O–H groups in total. The van der Waals surface area contributed by atoms with E-state index in [1.54, 1.807) is 23.5 Å². The van der Waals surface area contributed by atoms with E-state index in [2.05, 4.69) is 32.3 Å². The van der Waals surface area contributed by atoms with Gasteiger partial charge in [0.05, 0.1) is 18.7 Å². The molecular weight excluding hydrogens is 512 g/mol. The summed E-state index contributed by atoms with van der Waals surface area (Å²) in [5, 5.41) is 2.99. The number of hydrogen-bond acceptors (Lipinski definition) is 5. The molecule has 4 heterocycles. The van der Waals surface area contributed by atoms with Crippen molar-refractivity contribution in [1.82, 2.24) is 19.9 Å². The Hall–Kier alpha value is -5.24. The zero-order chi connectivity index (χ0) is 28.2. The van der Waals surface area contributed by atoms with Gasteiger partial charge < -0.3 is 19.7 Å². The molecule has 0 saturated carbocycles. The van der Waals surface area contributed by atoms with Gasteiger partial charge in [0.1, 0.15) is 11.5 Å². The van der Waals surface area contributed by atoms with E-state index in [4.69, 9.17) is 0 Å². The molecule has 0 spiro atoms. The number of pyridine rings is 2. The molecule has 0 aliphatic carbocycles. The summed E-state index contributed by atoms with van der Waals surface area (Å²) in [4.78, 5) is 39.6. The average Bonchev–Trinajstić information content (AvgIpc) is 3.33. The topological polar surface area (TPSA) is 83.4 Å². The minimum Gasteiger partial charge on any atom is -0.355 e.